The molecule has 1 heterocycles. The van der Waals surface area contributed by atoms with Crippen LogP contribution in [0.4, 0.5) is 0 Å². The fourth-order valence-corrected chi connectivity index (χ4v) is 3.22. The lowest BCUT2D eigenvalue weighted by molar-refractivity contribution is 0.174. The van der Waals surface area contributed by atoms with E-state index in [9.17, 15) is 8.42 Å². The van der Waals surface area contributed by atoms with Gasteiger partial charge in [-0.3, -0.25) is 0 Å². The third-order valence-corrected chi connectivity index (χ3v) is 4.60. The number of aryl methyl sites for hydroxylation is 1. The first-order chi connectivity index (χ1) is 10.0. The highest BCUT2D eigenvalue weighted by Gasteiger charge is 2.16. The van der Waals surface area contributed by atoms with Crippen LogP contribution in [-0.2, 0) is 16.6 Å². The summed E-state index contributed by atoms with van der Waals surface area (Å²) in [5.41, 5.74) is 1.72. The minimum Gasteiger partial charge on any atom is -0.454 e. The van der Waals surface area contributed by atoms with Gasteiger partial charge >= 0.3 is 0 Å². The molecule has 1 aliphatic rings. The van der Waals surface area contributed by atoms with Gasteiger partial charge in [-0.1, -0.05) is 18.2 Å². The summed E-state index contributed by atoms with van der Waals surface area (Å²) < 4.78 is 37.5. The summed E-state index contributed by atoms with van der Waals surface area (Å²) in [5, 5.41) is 0. The Morgan fingerprint density at radius 1 is 1.10 bits per heavy atom. The van der Waals surface area contributed by atoms with E-state index >= 15 is 0 Å². The van der Waals surface area contributed by atoms with E-state index < -0.39 is 10.0 Å². The molecule has 0 atom stereocenters. The summed E-state index contributed by atoms with van der Waals surface area (Å²) >= 11 is 0. The summed E-state index contributed by atoms with van der Waals surface area (Å²) in [4.78, 5) is 0.267. The van der Waals surface area contributed by atoms with E-state index in [1.54, 1.807) is 30.3 Å². The largest absolute Gasteiger partial charge is 0.454 e. The normalized spacial score (nSPS) is 13.4. The standard InChI is InChI=1S/C15H15NO4S/c1-11-3-2-4-13(7-11)21(17,18)16-9-12-5-6-14-15(8-12)20-10-19-14/h2-8,16H,9-10H2,1H3. The number of nitrogens with one attached hydrogen (secondary N) is 1. The molecule has 1 N–H and O–H groups in total. The molecule has 0 amide bonds. The molecule has 21 heavy (non-hydrogen) atoms. The lowest BCUT2D eigenvalue weighted by Crippen LogP contribution is -2.23. The molecule has 2 aromatic rings. The van der Waals surface area contributed by atoms with E-state index in [2.05, 4.69) is 4.72 Å². The first-order valence-electron chi connectivity index (χ1n) is 6.49. The fourth-order valence-electron chi connectivity index (χ4n) is 2.10. The van der Waals surface area contributed by atoms with E-state index in [0.29, 0.717) is 11.5 Å². The molecule has 6 heteroatoms. The van der Waals surface area contributed by atoms with Gasteiger partial charge in [0.2, 0.25) is 16.8 Å². The predicted molar refractivity (Wildman–Crippen MR) is 77.8 cm³/mol. The van der Waals surface area contributed by atoms with Crippen molar-refractivity contribution in [1.82, 2.24) is 4.72 Å². The van der Waals surface area contributed by atoms with E-state index in [0.717, 1.165) is 11.1 Å². The fraction of sp³-hybridized carbons (Fsp3) is 0.200. The molecule has 110 valence electrons. The van der Waals surface area contributed by atoms with Crippen molar-refractivity contribution in [3.05, 3.63) is 53.6 Å². The average molecular weight is 305 g/mol. The van der Waals surface area contributed by atoms with Crippen molar-refractivity contribution in [1.29, 1.82) is 0 Å². The van der Waals surface area contributed by atoms with Crippen molar-refractivity contribution in [3.8, 4) is 11.5 Å². The zero-order chi connectivity index (χ0) is 14.9. The van der Waals surface area contributed by atoms with Crippen LogP contribution in [0, 0.1) is 6.92 Å². The molecule has 0 radical (unpaired) electrons. The van der Waals surface area contributed by atoms with Gasteiger partial charge in [0.05, 0.1) is 4.90 Å². The molecule has 5 nitrogen and oxygen atoms in total. The third-order valence-electron chi connectivity index (χ3n) is 3.20. The SMILES string of the molecule is Cc1cccc(S(=O)(=O)NCc2ccc3c(c2)OCO3)c1. The number of rotatable bonds is 4. The van der Waals surface area contributed by atoms with Crippen molar-refractivity contribution < 1.29 is 17.9 Å². The van der Waals surface area contributed by atoms with Crippen LogP contribution in [0.3, 0.4) is 0 Å². The van der Waals surface area contributed by atoms with Crippen molar-refractivity contribution >= 4 is 10.0 Å². The topological polar surface area (TPSA) is 64.6 Å². The Kier molecular flexibility index (Phi) is 3.57. The Hall–Kier alpha value is -2.05. The highest BCUT2D eigenvalue weighted by Crippen LogP contribution is 2.32. The van der Waals surface area contributed by atoms with Gasteiger partial charge in [0.15, 0.2) is 11.5 Å². The molecule has 0 bridgehead atoms. The van der Waals surface area contributed by atoms with Gasteiger partial charge in [0.25, 0.3) is 0 Å². The van der Waals surface area contributed by atoms with Gasteiger partial charge < -0.3 is 9.47 Å². The zero-order valence-corrected chi connectivity index (χ0v) is 12.3. The van der Waals surface area contributed by atoms with Crippen molar-refractivity contribution in [2.24, 2.45) is 0 Å². The second-order valence-corrected chi connectivity index (χ2v) is 6.60. The summed E-state index contributed by atoms with van der Waals surface area (Å²) in [6, 6.07) is 12.2. The summed E-state index contributed by atoms with van der Waals surface area (Å²) in [6.45, 7) is 2.26. The zero-order valence-electron chi connectivity index (χ0n) is 11.5. The van der Waals surface area contributed by atoms with Crippen LogP contribution >= 0.6 is 0 Å². The highest BCUT2D eigenvalue weighted by atomic mass is 32.2. The Bertz CT molecular complexity index is 771. The molecule has 0 saturated heterocycles. The number of hydrogen-bond donors (Lipinski definition) is 1. The Morgan fingerprint density at radius 3 is 2.71 bits per heavy atom. The van der Waals surface area contributed by atoms with Crippen molar-refractivity contribution in [2.45, 2.75) is 18.4 Å². The molecule has 0 saturated carbocycles. The van der Waals surface area contributed by atoms with Crippen LogP contribution in [-0.4, -0.2) is 15.2 Å². The molecule has 3 rings (SSSR count). The Morgan fingerprint density at radius 2 is 1.90 bits per heavy atom. The van der Waals surface area contributed by atoms with E-state index in [1.807, 2.05) is 19.1 Å². The molecule has 0 aliphatic carbocycles. The monoisotopic (exact) mass is 305 g/mol. The molecule has 2 aromatic carbocycles. The van der Waals surface area contributed by atoms with Gasteiger partial charge in [-0.25, -0.2) is 13.1 Å². The van der Waals surface area contributed by atoms with Gasteiger partial charge in [-0.05, 0) is 42.3 Å². The summed E-state index contributed by atoms with van der Waals surface area (Å²) in [5.74, 6) is 1.32. The van der Waals surface area contributed by atoms with Crippen LogP contribution < -0.4 is 14.2 Å². The molecule has 1 aliphatic heterocycles. The maximum atomic E-state index is 12.2. The van der Waals surface area contributed by atoms with Crippen LogP contribution in [0.25, 0.3) is 0 Å². The van der Waals surface area contributed by atoms with E-state index in [1.165, 1.54) is 0 Å². The molecule has 0 spiro atoms. The Balaban J connectivity index is 1.75. The maximum Gasteiger partial charge on any atom is 0.240 e. The minimum atomic E-state index is -3.52. The number of ether oxygens (including phenoxy) is 2. The molecular weight excluding hydrogens is 290 g/mol. The van der Waals surface area contributed by atoms with Gasteiger partial charge in [-0.2, -0.15) is 0 Å². The van der Waals surface area contributed by atoms with Crippen molar-refractivity contribution in [3.63, 3.8) is 0 Å². The molecule has 0 fully saturated rings. The van der Waals surface area contributed by atoms with Crippen LogP contribution in [0.15, 0.2) is 47.4 Å². The van der Waals surface area contributed by atoms with Crippen molar-refractivity contribution in [2.75, 3.05) is 6.79 Å². The van der Waals surface area contributed by atoms with E-state index in [-0.39, 0.29) is 18.2 Å². The number of fused-ring (bicyclic) bond motifs is 1. The van der Waals surface area contributed by atoms with Crippen LogP contribution in [0.1, 0.15) is 11.1 Å². The minimum absolute atomic E-state index is 0.201. The highest BCUT2D eigenvalue weighted by molar-refractivity contribution is 7.89. The van der Waals surface area contributed by atoms with Gasteiger partial charge in [0, 0.05) is 6.54 Å². The van der Waals surface area contributed by atoms with Gasteiger partial charge in [-0.15, -0.1) is 0 Å². The number of hydrogen-bond acceptors (Lipinski definition) is 4. The predicted octanol–water partition coefficient (Wildman–Crippen LogP) is 2.20. The molecule has 0 unspecified atom stereocenters. The van der Waals surface area contributed by atoms with Crippen LogP contribution in [0.5, 0.6) is 11.5 Å². The van der Waals surface area contributed by atoms with Gasteiger partial charge in [0.1, 0.15) is 0 Å². The first kappa shape index (κ1) is 13.9. The molecular formula is C15H15NO4S. The lowest BCUT2D eigenvalue weighted by Gasteiger charge is -2.08. The van der Waals surface area contributed by atoms with Crippen LogP contribution in [0.2, 0.25) is 0 Å². The number of benzene rings is 2. The molecule has 0 aromatic heterocycles. The third kappa shape index (κ3) is 3.01. The second kappa shape index (κ2) is 5.38. The smallest absolute Gasteiger partial charge is 0.240 e. The lowest BCUT2D eigenvalue weighted by atomic mass is 10.2. The average Bonchev–Trinajstić information content (AvgIpc) is 2.93. The second-order valence-electron chi connectivity index (χ2n) is 4.83. The number of sulfonamides is 1. The Labute approximate surface area is 123 Å². The first-order valence-corrected chi connectivity index (χ1v) is 7.98. The summed E-state index contributed by atoms with van der Waals surface area (Å²) in [6.07, 6.45) is 0. The quantitative estimate of drug-likeness (QED) is 0.940. The maximum absolute atomic E-state index is 12.2. The summed E-state index contributed by atoms with van der Waals surface area (Å²) in [7, 11) is -3.52. The van der Waals surface area contributed by atoms with E-state index in [4.69, 9.17) is 9.47 Å².